The van der Waals surface area contributed by atoms with E-state index < -0.39 is 32.8 Å². The molecule has 2 atom stereocenters. The number of carboxylic acid groups (broad SMARTS) is 1. The highest BCUT2D eigenvalue weighted by Gasteiger charge is 2.61. The second-order valence-electron chi connectivity index (χ2n) is 6.73. The first-order valence-electron chi connectivity index (χ1n) is 7.54. The van der Waals surface area contributed by atoms with Gasteiger partial charge in [-0.15, -0.1) is 0 Å². The monoisotopic (exact) mass is 392 g/mol. The molecule has 0 unspecified atom stereocenters. The van der Waals surface area contributed by atoms with Gasteiger partial charge in [0.25, 0.3) is 0 Å². The first-order chi connectivity index (χ1) is 11.5. The molecule has 1 aromatic rings. The lowest BCUT2D eigenvalue weighted by Gasteiger charge is -2.57. The van der Waals surface area contributed by atoms with Crippen molar-refractivity contribution >= 4 is 34.1 Å². The minimum atomic E-state index is -3.37. The van der Waals surface area contributed by atoms with E-state index in [1.807, 2.05) is 0 Å². The first-order valence-corrected chi connectivity index (χ1v) is 9.63. The molecule has 1 aliphatic carbocycles. The third-order valence-electron chi connectivity index (χ3n) is 4.83. The summed E-state index contributed by atoms with van der Waals surface area (Å²) in [4.78, 5) is 22.1. The van der Waals surface area contributed by atoms with Crippen LogP contribution in [0, 0.1) is 11.7 Å². The molecule has 2 fully saturated rings. The second kappa shape index (κ2) is 5.76. The fourth-order valence-corrected chi connectivity index (χ4v) is 5.94. The summed E-state index contributed by atoms with van der Waals surface area (Å²) in [5.41, 5.74) is -1.58. The summed E-state index contributed by atoms with van der Waals surface area (Å²) in [5.74, 6) is -1.24. The van der Waals surface area contributed by atoms with Gasteiger partial charge in [0.15, 0.2) is 5.82 Å². The van der Waals surface area contributed by atoms with Crippen LogP contribution in [0.15, 0.2) is 11.2 Å². The summed E-state index contributed by atoms with van der Waals surface area (Å²) in [6.45, 7) is 3.07. The maximum atomic E-state index is 14.3. The van der Waals surface area contributed by atoms with Crippen molar-refractivity contribution in [3.05, 3.63) is 23.0 Å². The van der Waals surface area contributed by atoms with Crippen LogP contribution in [0.4, 0.5) is 9.18 Å². The van der Waals surface area contributed by atoms with E-state index in [0.29, 0.717) is 0 Å². The lowest BCUT2D eigenvalue weighted by atomic mass is 9.95. The number of hydrogen-bond acceptors (Lipinski definition) is 5. The first kappa shape index (κ1) is 18.3. The number of carbonyl (C=O) groups is 1. The predicted octanol–water partition coefficient (Wildman–Crippen LogP) is 3.08. The molecule has 1 saturated heterocycles. The molecule has 4 N–H and O–H groups in total. The van der Waals surface area contributed by atoms with Gasteiger partial charge in [-0.3, -0.25) is 9.11 Å². The third kappa shape index (κ3) is 2.97. The van der Waals surface area contributed by atoms with Crippen molar-refractivity contribution in [3.63, 3.8) is 0 Å². The van der Waals surface area contributed by atoms with Gasteiger partial charge in [0.1, 0.15) is 16.3 Å². The van der Waals surface area contributed by atoms with Crippen LogP contribution in [0.1, 0.15) is 32.4 Å². The second-order valence-corrected chi connectivity index (χ2v) is 9.54. The van der Waals surface area contributed by atoms with Gasteiger partial charge < -0.3 is 10.4 Å². The van der Waals surface area contributed by atoms with Crippen molar-refractivity contribution in [1.29, 1.82) is 0 Å². The maximum absolute atomic E-state index is 14.3. The zero-order valence-electron chi connectivity index (χ0n) is 13.5. The van der Waals surface area contributed by atoms with Crippen LogP contribution < -0.4 is 5.32 Å². The van der Waals surface area contributed by atoms with Gasteiger partial charge >= 0.3 is 6.09 Å². The minimum absolute atomic E-state index is 0.0922. The molecule has 0 aromatic carbocycles. The molecule has 8 nitrogen and oxygen atoms in total. The van der Waals surface area contributed by atoms with E-state index in [4.69, 9.17) is 16.7 Å². The number of nitrogens with one attached hydrogen (secondary N) is 1. The number of amidine groups is 1. The zero-order chi connectivity index (χ0) is 18.6. The normalized spacial score (nSPS) is 34.4. The standard InChI is InChI=1S/C14H18ClFN4O4S/c1-13(9-8(16)5-17-11(15)18-9)6-25(23,24)14(2,7-3-4-7)10(20-13)19-12(21)22/h5,7,23-24H,3-4,6H2,1-2H3,(H,19,20)(H,21,22)/t13-,14-/m0/s1. The Hall–Kier alpha value is -1.49. The van der Waals surface area contributed by atoms with Gasteiger partial charge in [0.2, 0.25) is 5.28 Å². The summed E-state index contributed by atoms with van der Waals surface area (Å²) >= 11 is 5.75. The van der Waals surface area contributed by atoms with Gasteiger partial charge in [-0.05, 0) is 44.2 Å². The lowest BCUT2D eigenvalue weighted by Crippen LogP contribution is -2.64. The Morgan fingerprint density at radius 1 is 1.48 bits per heavy atom. The fraction of sp³-hybridized carbons (Fsp3) is 0.571. The van der Waals surface area contributed by atoms with Crippen LogP contribution >= 0.6 is 22.2 Å². The van der Waals surface area contributed by atoms with Crippen molar-refractivity contribution in [2.75, 3.05) is 5.75 Å². The van der Waals surface area contributed by atoms with Crippen LogP contribution in [0.3, 0.4) is 0 Å². The molecule has 1 amide bonds. The number of halogens is 2. The van der Waals surface area contributed by atoms with Crippen molar-refractivity contribution in [3.8, 4) is 0 Å². The van der Waals surface area contributed by atoms with Crippen LogP contribution in [0.2, 0.25) is 5.28 Å². The molecule has 2 aliphatic rings. The molecule has 1 saturated carbocycles. The quantitative estimate of drug-likeness (QED) is 0.569. The third-order valence-corrected chi connectivity index (χ3v) is 7.88. The van der Waals surface area contributed by atoms with E-state index in [9.17, 15) is 18.3 Å². The average Bonchev–Trinajstić information content (AvgIpc) is 3.30. The van der Waals surface area contributed by atoms with Crippen molar-refractivity contribution in [2.24, 2.45) is 10.9 Å². The zero-order valence-corrected chi connectivity index (χ0v) is 15.1. The molecule has 138 valence electrons. The lowest BCUT2D eigenvalue weighted by molar-refractivity contribution is 0.205. The van der Waals surface area contributed by atoms with Gasteiger partial charge in [-0.25, -0.2) is 19.2 Å². The summed E-state index contributed by atoms with van der Waals surface area (Å²) in [7, 11) is -3.37. The molecule has 11 heteroatoms. The Morgan fingerprint density at radius 3 is 2.68 bits per heavy atom. The van der Waals surface area contributed by atoms with Crippen LogP contribution in [0.5, 0.6) is 0 Å². The van der Waals surface area contributed by atoms with E-state index in [-0.39, 0.29) is 28.5 Å². The molecule has 0 bridgehead atoms. The van der Waals surface area contributed by atoms with Gasteiger partial charge in [0.05, 0.1) is 17.5 Å². The predicted molar refractivity (Wildman–Crippen MR) is 91.8 cm³/mol. The topological polar surface area (TPSA) is 128 Å². The summed E-state index contributed by atoms with van der Waals surface area (Å²) in [6, 6.07) is 0. The van der Waals surface area contributed by atoms with E-state index in [2.05, 4.69) is 20.3 Å². The van der Waals surface area contributed by atoms with Crippen molar-refractivity contribution in [2.45, 2.75) is 37.0 Å². The highest BCUT2D eigenvalue weighted by Crippen LogP contribution is 2.66. The van der Waals surface area contributed by atoms with E-state index in [1.165, 1.54) is 6.92 Å². The molecule has 3 rings (SSSR count). The molecule has 0 radical (unpaired) electrons. The molecule has 2 heterocycles. The average molecular weight is 393 g/mol. The Balaban J connectivity index is 2.14. The Morgan fingerprint density at radius 2 is 2.12 bits per heavy atom. The van der Waals surface area contributed by atoms with Crippen molar-refractivity contribution in [1.82, 2.24) is 15.3 Å². The summed E-state index contributed by atoms with van der Waals surface area (Å²) in [6.07, 6.45) is 0.871. The SMILES string of the molecule is C[C@@]1(c2nc(Cl)ncc2F)CS(O)(O)[C@@](C)(C2CC2)C(=NC(=O)O)N1. The Bertz CT molecular complexity index is 775. The maximum Gasteiger partial charge on any atom is 0.432 e. The van der Waals surface area contributed by atoms with Crippen LogP contribution in [0.25, 0.3) is 0 Å². The van der Waals surface area contributed by atoms with Crippen molar-refractivity contribution < 1.29 is 23.4 Å². The van der Waals surface area contributed by atoms with Gasteiger partial charge in [0, 0.05) is 0 Å². The summed E-state index contributed by atoms with van der Waals surface area (Å²) < 4.78 is 34.8. The smallest absolute Gasteiger partial charge is 0.432 e. The Labute approximate surface area is 149 Å². The number of hydrogen-bond donors (Lipinski definition) is 4. The molecule has 0 spiro atoms. The molecule has 1 aliphatic heterocycles. The van der Waals surface area contributed by atoms with E-state index >= 15 is 0 Å². The number of rotatable bonds is 2. The van der Waals surface area contributed by atoms with Gasteiger partial charge in [-0.1, -0.05) is 0 Å². The van der Waals surface area contributed by atoms with Crippen LogP contribution in [-0.4, -0.2) is 46.6 Å². The number of aliphatic imine (C=N–C) groups is 1. The largest absolute Gasteiger partial charge is 0.463 e. The highest BCUT2D eigenvalue weighted by atomic mass is 35.5. The number of aromatic nitrogens is 2. The van der Waals surface area contributed by atoms with E-state index in [1.54, 1.807) is 6.92 Å². The molecule has 25 heavy (non-hydrogen) atoms. The van der Waals surface area contributed by atoms with Crippen LogP contribution in [-0.2, 0) is 5.54 Å². The minimum Gasteiger partial charge on any atom is -0.463 e. The van der Waals surface area contributed by atoms with Gasteiger partial charge in [-0.2, -0.15) is 15.6 Å². The molecular formula is C14H18ClFN4O4S. The molecular weight excluding hydrogens is 375 g/mol. The highest BCUT2D eigenvalue weighted by molar-refractivity contribution is 8.26. The number of nitrogens with zero attached hydrogens (tertiary/aromatic N) is 3. The summed E-state index contributed by atoms with van der Waals surface area (Å²) in [5, 5.41) is 11.8. The molecule has 1 aromatic heterocycles. The number of amides is 1. The fourth-order valence-electron chi connectivity index (χ4n) is 3.32. The Kier molecular flexibility index (Phi) is 4.22. The van der Waals surface area contributed by atoms with E-state index in [0.717, 1.165) is 19.0 Å².